The van der Waals surface area contributed by atoms with Crippen molar-refractivity contribution >= 4 is 17.5 Å². The summed E-state index contributed by atoms with van der Waals surface area (Å²) in [6.45, 7) is 2.46. The van der Waals surface area contributed by atoms with Gasteiger partial charge >= 0.3 is 11.9 Å². The summed E-state index contributed by atoms with van der Waals surface area (Å²) < 4.78 is 0. The zero-order chi connectivity index (χ0) is 21.5. The Morgan fingerprint density at radius 2 is 1.47 bits per heavy atom. The van der Waals surface area contributed by atoms with Crippen LogP contribution in [-0.4, -0.2) is 47.2 Å². The van der Waals surface area contributed by atoms with Gasteiger partial charge in [0.05, 0.1) is 0 Å². The minimum Gasteiger partial charge on any atom is -0.478 e. The van der Waals surface area contributed by atoms with Gasteiger partial charge in [0.1, 0.15) is 0 Å². The lowest BCUT2D eigenvalue weighted by molar-refractivity contribution is -0.134. The summed E-state index contributed by atoms with van der Waals surface area (Å²) >= 11 is 0. The average Bonchev–Trinajstić information content (AvgIpc) is 3.13. The minimum absolute atomic E-state index is 0.558. The summed E-state index contributed by atoms with van der Waals surface area (Å²) in [6, 6.07) is 19.9. The van der Waals surface area contributed by atoms with Gasteiger partial charge in [0.15, 0.2) is 0 Å². The van der Waals surface area contributed by atoms with Gasteiger partial charge in [-0.15, -0.1) is 0 Å². The molecule has 0 amide bonds. The monoisotopic (exact) mass is 405 g/mol. The van der Waals surface area contributed by atoms with E-state index in [0.29, 0.717) is 12.2 Å². The fourth-order valence-corrected chi connectivity index (χ4v) is 4.18. The zero-order valence-corrected chi connectivity index (χ0v) is 17.1. The quantitative estimate of drug-likeness (QED) is 0.749. The van der Waals surface area contributed by atoms with Gasteiger partial charge in [-0.05, 0) is 67.6 Å². The van der Waals surface area contributed by atoms with Gasteiger partial charge in [-0.1, -0.05) is 60.2 Å². The standard InChI is InChI=1S/C21H23N.C4H4O4/c1-22-13-11-16(12-14-22)20-15-18-9-5-6-10-19(18)21(20)17-7-3-2-4-8-17;5-3(6)1-2-4(7)8/h2-10,16H,11-15H2,1H3;1-2H,(H,5,6)(H,7,8)/b;2-1+. The normalized spacial score (nSPS) is 16.8. The molecule has 1 aliphatic carbocycles. The van der Waals surface area contributed by atoms with E-state index < -0.39 is 11.9 Å². The van der Waals surface area contributed by atoms with Crippen LogP contribution in [0.3, 0.4) is 0 Å². The maximum absolute atomic E-state index is 9.55. The molecule has 2 aliphatic rings. The molecule has 0 saturated carbocycles. The van der Waals surface area contributed by atoms with Gasteiger partial charge in [0.2, 0.25) is 0 Å². The van der Waals surface area contributed by atoms with E-state index in [1.165, 1.54) is 48.2 Å². The van der Waals surface area contributed by atoms with Crippen LogP contribution >= 0.6 is 0 Å². The fourth-order valence-electron chi connectivity index (χ4n) is 4.18. The first-order chi connectivity index (χ1) is 14.5. The number of carbonyl (C=O) groups is 2. The van der Waals surface area contributed by atoms with Gasteiger partial charge in [0.25, 0.3) is 0 Å². The van der Waals surface area contributed by atoms with Crippen LogP contribution in [0.1, 0.15) is 29.5 Å². The zero-order valence-electron chi connectivity index (χ0n) is 17.1. The van der Waals surface area contributed by atoms with Crippen molar-refractivity contribution in [3.63, 3.8) is 0 Å². The molecule has 2 aromatic rings. The number of piperidine rings is 1. The molecule has 4 rings (SSSR count). The first-order valence-corrected chi connectivity index (χ1v) is 10.1. The average molecular weight is 405 g/mol. The predicted molar refractivity (Wildman–Crippen MR) is 117 cm³/mol. The van der Waals surface area contributed by atoms with Gasteiger partial charge in [-0.3, -0.25) is 0 Å². The van der Waals surface area contributed by atoms with Crippen LogP contribution in [0, 0.1) is 5.92 Å². The molecule has 1 fully saturated rings. The van der Waals surface area contributed by atoms with E-state index in [2.05, 4.69) is 66.5 Å². The molecule has 0 unspecified atom stereocenters. The highest BCUT2D eigenvalue weighted by molar-refractivity contribution is 5.89. The van der Waals surface area contributed by atoms with E-state index in [1.807, 2.05) is 0 Å². The van der Waals surface area contributed by atoms with E-state index in [-0.39, 0.29) is 0 Å². The lowest BCUT2D eigenvalue weighted by Crippen LogP contribution is -2.31. The van der Waals surface area contributed by atoms with Crippen molar-refractivity contribution in [1.82, 2.24) is 4.90 Å². The minimum atomic E-state index is -1.26. The molecule has 30 heavy (non-hydrogen) atoms. The van der Waals surface area contributed by atoms with Crippen molar-refractivity contribution < 1.29 is 19.8 Å². The molecule has 1 heterocycles. The first kappa shape index (κ1) is 21.5. The Morgan fingerprint density at radius 3 is 2.07 bits per heavy atom. The van der Waals surface area contributed by atoms with Crippen molar-refractivity contribution in [1.29, 1.82) is 0 Å². The Kier molecular flexibility index (Phi) is 7.20. The Morgan fingerprint density at radius 1 is 0.900 bits per heavy atom. The molecule has 2 N–H and O–H groups in total. The van der Waals surface area contributed by atoms with Crippen LogP contribution < -0.4 is 0 Å². The molecular weight excluding hydrogens is 378 g/mol. The van der Waals surface area contributed by atoms with Crippen molar-refractivity contribution in [2.45, 2.75) is 19.3 Å². The number of nitrogens with zero attached hydrogens (tertiary/aromatic N) is 1. The second-order valence-corrected chi connectivity index (χ2v) is 7.69. The molecule has 1 aliphatic heterocycles. The third-order valence-corrected chi connectivity index (χ3v) is 5.63. The molecule has 0 spiro atoms. The van der Waals surface area contributed by atoms with Crippen LogP contribution in [0.15, 0.2) is 72.3 Å². The third kappa shape index (κ3) is 5.45. The summed E-state index contributed by atoms with van der Waals surface area (Å²) in [5.74, 6) is -1.77. The summed E-state index contributed by atoms with van der Waals surface area (Å²) in [4.78, 5) is 21.6. The highest BCUT2D eigenvalue weighted by Crippen LogP contribution is 2.42. The summed E-state index contributed by atoms with van der Waals surface area (Å²) in [7, 11) is 2.24. The number of carboxylic acid groups (broad SMARTS) is 2. The molecule has 156 valence electrons. The third-order valence-electron chi connectivity index (χ3n) is 5.63. The Balaban J connectivity index is 0.000000275. The molecule has 2 aromatic carbocycles. The lowest BCUT2D eigenvalue weighted by atomic mass is 9.84. The fraction of sp³-hybridized carbons (Fsp3) is 0.280. The first-order valence-electron chi connectivity index (χ1n) is 10.1. The van der Waals surface area contributed by atoms with Gasteiger partial charge in [0, 0.05) is 12.2 Å². The Hall–Kier alpha value is -3.18. The Labute approximate surface area is 177 Å². The predicted octanol–water partition coefficient (Wildman–Crippen LogP) is 4.10. The van der Waals surface area contributed by atoms with Crippen LogP contribution in [0.2, 0.25) is 0 Å². The second kappa shape index (κ2) is 10.0. The lowest BCUT2D eigenvalue weighted by Gasteiger charge is -2.30. The number of hydrogen-bond acceptors (Lipinski definition) is 3. The molecule has 0 radical (unpaired) electrons. The number of carboxylic acids is 2. The molecule has 5 heteroatoms. The number of aliphatic carboxylic acids is 2. The van der Waals surface area contributed by atoms with E-state index >= 15 is 0 Å². The van der Waals surface area contributed by atoms with Crippen LogP contribution in [0.5, 0.6) is 0 Å². The maximum Gasteiger partial charge on any atom is 0.328 e. The van der Waals surface area contributed by atoms with Crippen molar-refractivity contribution in [2.24, 2.45) is 5.92 Å². The van der Waals surface area contributed by atoms with Crippen molar-refractivity contribution in [3.05, 3.63) is 89.0 Å². The van der Waals surface area contributed by atoms with Crippen LogP contribution in [0.25, 0.3) is 5.57 Å². The molecule has 5 nitrogen and oxygen atoms in total. The highest BCUT2D eigenvalue weighted by atomic mass is 16.4. The number of likely N-dealkylation sites (tertiary alicyclic amines) is 1. The summed E-state index contributed by atoms with van der Waals surface area (Å²) in [5, 5.41) is 15.6. The van der Waals surface area contributed by atoms with Gasteiger partial charge in [-0.25, -0.2) is 9.59 Å². The molecule has 0 atom stereocenters. The highest BCUT2D eigenvalue weighted by Gasteiger charge is 2.29. The number of allylic oxidation sites excluding steroid dienone is 1. The number of benzene rings is 2. The molecular formula is C25H27NO4. The van der Waals surface area contributed by atoms with E-state index in [1.54, 1.807) is 5.57 Å². The van der Waals surface area contributed by atoms with Gasteiger partial charge < -0.3 is 15.1 Å². The number of fused-ring (bicyclic) bond motifs is 1. The SMILES string of the molecule is CN1CCC(C2=C(c3ccccc3)c3ccccc3C2)CC1.O=C(O)/C=C/C(=O)O. The maximum atomic E-state index is 9.55. The van der Waals surface area contributed by atoms with Crippen LogP contribution in [-0.2, 0) is 16.0 Å². The van der Waals surface area contributed by atoms with Crippen LogP contribution in [0.4, 0.5) is 0 Å². The topological polar surface area (TPSA) is 77.8 Å². The molecule has 1 saturated heterocycles. The molecule has 0 aromatic heterocycles. The van der Waals surface area contributed by atoms with E-state index in [4.69, 9.17) is 10.2 Å². The Bertz CT molecular complexity index is 938. The molecule has 0 bridgehead atoms. The second-order valence-electron chi connectivity index (χ2n) is 7.69. The van der Waals surface area contributed by atoms with Gasteiger partial charge in [-0.2, -0.15) is 0 Å². The summed E-state index contributed by atoms with van der Waals surface area (Å²) in [6.07, 6.45) is 4.87. The van der Waals surface area contributed by atoms with Crippen molar-refractivity contribution in [3.8, 4) is 0 Å². The van der Waals surface area contributed by atoms with E-state index in [0.717, 1.165) is 12.3 Å². The number of rotatable bonds is 4. The number of hydrogen-bond donors (Lipinski definition) is 2. The summed E-state index contributed by atoms with van der Waals surface area (Å²) in [5.41, 5.74) is 7.56. The van der Waals surface area contributed by atoms with E-state index in [9.17, 15) is 9.59 Å². The largest absolute Gasteiger partial charge is 0.478 e. The smallest absolute Gasteiger partial charge is 0.328 e. The van der Waals surface area contributed by atoms with Crippen molar-refractivity contribution in [2.75, 3.05) is 20.1 Å².